The molecule has 0 rings (SSSR count). The van der Waals surface area contributed by atoms with E-state index in [0.717, 1.165) is 17.6 Å². The third-order valence-electron chi connectivity index (χ3n) is 1.32. The molecule has 0 aromatic rings. The highest BCUT2D eigenvalue weighted by atomic mass is 79.9. The molecule has 0 saturated carbocycles. The smallest absolute Gasteiger partial charge is 0.0441 e. The van der Waals surface area contributed by atoms with E-state index >= 15 is 0 Å². The average Bonchev–Trinajstić information content (AvgIpc) is 1.86. The van der Waals surface area contributed by atoms with Crippen molar-refractivity contribution >= 4 is 26.7 Å². The first-order chi connectivity index (χ1) is 5.04. The normalized spacial score (nSPS) is 15.9. The van der Waals surface area contributed by atoms with Crippen LogP contribution in [0.3, 0.4) is 0 Å². The van der Waals surface area contributed by atoms with Gasteiger partial charge in [0.25, 0.3) is 0 Å². The van der Waals surface area contributed by atoms with E-state index in [0.29, 0.717) is 0 Å². The van der Waals surface area contributed by atoms with Crippen molar-refractivity contribution in [3.05, 3.63) is 11.1 Å². The van der Waals surface area contributed by atoms with Crippen molar-refractivity contribution in [3.63, 3.8) is 0 Å². The predicted molar refractivity (Wildman–Crippen MR) is 54.5 cm³/mol. The number of halogens is 1. The van der Waals surface area contributed by atoms with E-state index in [1.165, 1.54) is 0 Å². The van der Waals surface area contributed by atoms with Gasteiger partial charge in [0.05, 0.1) is 0 Å². The molecule has 2 nitrogen and oxygen atoms in total. The lowest BCUT2D eigenvalue weighted by Crippen LogP contribution is -2.28. The first-order valence-electron chi connectivity index (χ1n) is 3.40. The van der Waals surface area contributed by atoms with Crippen LogP contribution in [0.1, 0.15) is 6.92 Å². The quantitative estimate of drug-likeness (QED) is 0.783. The second-order valence-corrected chi connectivity index (χ2v) is 5.38. The van der Waals surface area contributed by atoms with E-state index in [2.05, 4.69) is 27.8 Å². The molecule has 0 aromatic carbocycles. The van der Waals surface area contributed by atoms with E-state index in [-0.39, 0.29) is 5.25 Å². The van der Waals surface area contributed by atoms with Crippen molar-refractivity contribution < 1.29 is 4.21 Å². The number of hydrogen-bond donors (Lipinski definition) is 1. The monoisotopic (exact) mass is 239 g/mol. The molecular weight excluding hydrogens is 226 g/mol. The summed E-state index contributed by atoms with van der Waals surface area (Å²) in [6, 6.07) is 0. The minimum Gasteiger partial charge on any atom is -0.311 e. The van der Waals surface area contributed by atoms with Gasteiger partial charge in [-0.3, -0.25) is 4.21 Å². The van der Waals surface area contributed by atoms with Gasteiger partial charge < -0.3 is 5.32 Å². The summed E-state index contributed by atoms with van der Waals surface area (Å²) >= 11 is 3.23. The Bertz CT molecular complexity index is 161. The lowest BCUT2D eigenvalue weighted by molar-refractivity contribution is 0.663. The Morgan fingerprint density at radius 2 is 2.36 bits per heavy atom. The van der Waals surface area contributed by atoms with E-state index in [1.807, 2.05) is 6.92 Å². The van der Waals surface area contributed by atoms with Crippen molar-refractivity contribution in [3.8, 4) is 0 Å². The highest BCUT2D eigenvalue weighted by Gasteiger charge is 2.03. The molecule has 66 valence electrons. The molecule has 0 radical (unpaired) electrons. The Morgan fingerprint density at radius 3 is 2.73 bits per heavy atom. The van der Waals surface area contributed by atoms with Crippen LogP contribution in [0.4, 0.5) is 0 Å². The second kappa shape index (κ2) is 5.91. The minimum atomic E-state index is -0.733. The van der Waals surface area contributed by atoms with Gasteiger partial charge in [-0.25, -0.2) is 0 Å². The van der Waals surface area contributed by atoms with Crippen LogP contribution in [-0.4, -0.2) is 28.8 Å². The van der Waals surface area contributed by atoms with Crippen LogP contribution in [-0.2, 0) is 10.8 Å². The van der Waals surface area contributed by atoms with E-state index in [1.54, 1.807) is 6.26 Å². The molecule has 0 aliphatic rings. The molecule has 1 N–H and O–H groups in total. The SMILES string of the molecule is C=C(Br)CNCC(C)S(C)=O. The van der Waals surface area contributed by atoms with E-state index < -0.39 is 10.8 Å². The van der Waals surface area contributed by atoms with E-state index in [4.69, 9.17) is 0 Å². The first-order valence-corrected chi connectivity index (χ1v) is 5.81. The number of nitrogens with one attached hydrogen (secondary N) is 1. The Labute approximate surface area is 79.0 Å². The van der Waals surface area contributed by atoms with Crippen molar-refractivity contribution in [2.45, 2.75) is 12.2 Å². The lowest BCUT2D eigenvalue weighted by atomic mass is 10.4. The Kier molecular flexibility index (Phi) is 6.09. The van der Waals surface area contributed by atoms with Crippen molar-refractivity contribution in [2.24, 2.45) is 0 Å². The zero-order chi connectivity index (χ0) is 8.85. The molecule has 0 heterocycles. The van der Waals surface area contributed by atoms with Gasteiger partial charge in [0.2, 0.25) is 0 Å². The molecule has 4 heteroatoms. The van der Waals surface area contributed by atoms with Gasteiger partial charge in [-0.2, -0.15) is 0 Å². The summed E-state index contributed by atoms with van der Waals surface area (Å²) < 4.78 is 11.8. The molecule has 0 aliphatic heterocycles. The van der Waals surface area contributed by atoms with Crippen LogP contribution in [0.25, 0.3) is 0 Å². The van der Waals surface area contributed by atoms with Gasteiger partial charge in [0, 0.05) is 39.9 Å². The molecule has 0 spiro atoms. The summed E-state index contributed by atoms with van der Waals surface area (Å²) in [6.07, 6.45) is 1.72. The lowest BCUT2D eigenvalue weighted by Gasteiger charge is -2.08. The summed E-state index contributed by atoms with van der Waals surface area (Å²) in [4.78, 5) is 0. The Morgan fingerprint density at radius 1 is 1.82 bits per heavy atom. The molecule has 0 saturated heterocycles. The van der Waals surface area contributed by atoms with Gasteiger partial charge in [-0.1, -0.05) is 22.5 Å². The zero-order valence-corrected chi connectivity index (χ0v) is 9.30. The predicted octanol–water partition coefficient (Wildman–Crippen LogP) is 1.25. The fourth-order valence-electron chi connectivity index (χ4n) is 0.528. The van der Waals surface area contributed by atoms with Gasteiger partial charge in [-0.05, 0) is 6.92 Å². The molecular formula is C7H14BrNOS. The van der Waals surface area contributed by atoms with Crippen molar-refractivity contribution in [2.75, 3.05) is 19.3 Å². The maximum atomic E-state index is 10.9. The number of rotatable bonds is 5. The second-order valence-electron chi connectivity index (χ2n) is 2.46. The molecule has 2 atom stereocenters. The van der Waals surface area contributed by atoms with Crippen LogP contribution in [0.2, 0.25) is 0 Å². The van der Waals surface area contributed by atoms with Crippen molar-refractivity contribution in [1.29, 1.82) is 0 Å². The maximum Gasteiger partial charge on any atom is 0.0441 e. The molecule has 0 aromatic heterocycles. The molecule has 0 amide bonds. The van der Waals surface area contributed by atoms with Crippen LogP contribution in [0.15, 0.2) is 11.1 Å². The molecule has 2 unspecified atom stereocenters. The summed E-state index contributed by atoms with van der Waals surface area (Å²) in [5, 5.41) is 3.34. The largest absolute Gasteiger partial charge is 0.311 e. The topological polar surface area (TPSA) is 29.1 Å². The fraction of sp³-hybridized carbons (Fsp3) is 0.714. The van der Waals surface area contributed by atoms with Gasteiger partial charge >= 0.3 is 0 Å². The zero-order valence-electron chi connectivity index (χ0n) is 6.89. The molecule has 11 heavy (non-hydrogen) atoms. The Hall–Kier alpha value is 0.330. The third kappa shape index (κ3) is 6.72. The number of hydrogen-bond acceptors (Lipinski definition) is 2. The highest BCUT2D eigenvalue weighted by molar-refractivity contribution is 9.11. The molecule has 0 bridgehead atoms. The van der Waals surface area contributed by atoms with Crippen LogP contribution in [0.5, 0.6) is 0 Å². The summed E-state index contributed by atoms with van der Waals surface area (Å²) in [5.41, 5.74) is 0. The summed E-state index contributed by atoms with van der Waals surface area (Å²) in [6.45, 7) is 7.14. The molecule has 0 aliphatic carbocycles. The van der Waals surface area contributed by atoms with E-state index in [9.17, 15) is 4.21 Å². The standard InChI is InChI=1S/C7H14BrNOS/c1-6(8)4-9-5-7(2)11(3)10/h7,9H,1,4-5H2,2-3H3. The van der Waals surface area contributed by atoms with Crippen LogP contribution >= 0.6 is 15.9 Å². The summed E-state index contributed by atoms with van der Waals surface area (Å²) in [5.74, 6) is 0. The van der Waals surface area contributed by atoms with Crippen LogP contribution < -0.4 is 5.32 Å². The maximum absolute atomic E-state index is 10.9. The van der Waals surface area contributed by atoms with Crippen LogP contribution in [0, 0.1) is 0 Å². The van der Waals surface area contributed by atoms with Crippen molar-refractivity contribution in [1.82, 2.24) is 5.32 Å². The first kappa shape index (κ1) is 11.3. The van der Waals surface area contributed by atoms with Gasteiger partial charge in [0.1, 0.15) is 0 Å². The molecule has 0 fully saturated rings. The van der Waals surface area contributed by atoms with Gasteiger partial charge in [-0.15, -0.1) is 0 Å². The Balaban J connectivity index is 3.39. The van der Waals surface area contributed by atoms with Gasteiger partial charge in [0.15, 0.2) is 0 Å². The average molecular weight is 240 g/mol. The summed E-state index contributed by atoms with van der Waals surface area (Å²) in [7, 11) is -0.733. The highest BCUT2D eigenvalue weighted by Crippen LogP contribution is 1.97. The fourth-order valence-corrected chi connectivity index (χ4v) is 1.08. The third-order valence-corrected chi connectivity index (χ3v) is 2.90. The minimum absolute atomic E-state index is 0.210.